The number of hydrogen-bond acceptors (Lipinski definition) is 6. The molecule has 1 aromatic heterocycles. The van der Waals surface area contributed by atoms with E-state index in [1.807, 2.05) is 6.07 Å². The van der Waals surface area contributed by atoms with Gasteiger partial charge in [-0.15, -0.1) is 0 Å². The number of hydrogen-bond donors (Lipinski definition) is 0. The zero-order valence-electron chi connectivity index (χ0n) is 11.4. The van der Waals surface area contributed by atoms with Crippen molar-refractivity contribution in [2.45, 2.75) is 6.42 Å². The first-order valence-corrected chi connectivity index (χ1v) is 8.15. The molecule has 1 heterocycles. The van der Waals surface area contributed by atoms with Gasteiger partial charge in [-0.25, -0.2) is 13.4 Å². The molecular formula is C13H16N2O4S. The molecule has 2 aromatic rings. The Morgan fingerprint density at radius 1 is 1.30 bits per heavy atom. The molecule has 6 nitrogen and oxygen atoms in total. The number of aromatic nitrogens is 2. The van der Waals surface area contributed by atoms with Crippen LogP contribution in [0.2, 0.25) is 0 Å². The summed E-state index contributed by atoms with van der Waals surface area (Å²) in [6.45, 7) is 0.348. The van der Waals surface area contributed by atoms with E-state index in [4.69, 9.17) is 9.47 Å². The summed E-state index contributed by atoms with van der Waals surface area (Å²) in [5.74, 6) is 0.767. The molecule has 0 unspecified atom stereocenters. The molecule has 0 N–H and O–H groups in total. The third-order valence-electron chi connectivity index (χ3n) is 2.64. The summed E-state index contributed by atoms with van der Waals surface area (Å²) >= 11 is 0. The zero-order chi connectivity index (χ0) is 14.6. The van der Waals surface area contributed by atoms with Crippen LogP contribution in [0.25, 0.3) is 10.9 Å². The number of rotatable bonds is 6. The van der Waals surface area contributed by atoms with E-state index in [1.165, 1.54) is 13.4 Å². The Morgan fingerprint density at radius 3 is 2.80 bits per heavy atom. The van der Waals surface area contributed by atoms with Crippen LogP contribution in [-0.2, 0) is 9.84 Å². The van der Waals surface area contributed by atoms with Crippen LogP contribution in [0.5, 0.6) is 11.8 Å². The van der Waals surface area contributed by atoms with Crippen LogP contribution in [0.3, 0.4) is 0 Å². The second-order valence-electron chi connectivity index (χ2n) is 4.41. The fourth-order valence-corrected chi connectivity index (χ4v) is 2.33. The highest BCUT2D eigenvalue weighted by Crippen LogP contribution is 2.20. The molecule has 0 amide bonds. The van der Waals surface area contributed by atoms with Crippen molar-refractivity contribution in [3.8, 4) is 11.8 Å². The molecule has 0 fully saturated rings. The second kappa shape index (κ2) is 6.04. The number of benzene rings is 1. The molecule has 2 rings (SSSR count). The van der Waals surface area contributed by atoms with Crippen LogP contribution in [0, 0.1) is 0 Å². The van der Waals surface area contributed by atoms with E-state index in [1.54, 1.807) is 18.3 Å². The molecule has 0 saturated carbocycles. The highest BCUT2D eigenvalue weighted by Gasteiger charge is 2.04. The fourth-order valence-electron chi connectivity index (χ4n) is 1.69. The first-order chi connectivity index (χ1) is 9.48. The molecule has 0 radical (unpaired) electrons. The highest BCUT2D eigenvalue weighted by molar-refractivity contribution is 7.90. The minimum atomic E-state index is -2.94. The van der Waals surface area contributed by atoms with E-state index in [0.29, 0.717) is 24.8 Å². The summed E-state index contributed by atoms with van der Waals surface area (Å²) in [7, 11) is -1.43. The normalized spacial score (nSPS) is 11.5. The smallest absolute Gasteiger partial charge is 0.316 e. The molecule has 1 aromatic carbocycles. The third-order valence-corrected chi connectivity index (χ3v) is 3.67. The largest absolute Gasteiger partial charge is 0.493 e. The lowest BCUT2D eigenvalue weighted by Crippen LogP contribution is -2.08. The summed E-state index contributed by atoms with van der Waals surface area (Å²) in [4.78, 5) is 8.23. The molecule has 0 atom stereocenters. The van der Waals surface area contributed by atoms with Gasteiger partial charge in [0.15, 0.2) is 0 Å². The Balaban J connectivity index is 2.03. The van der Waals surface area contributed by atoms with Crippen LogP contribution in [0.15, 0.2) is 24.4 Å². The van der Waals surface area contributed by atoms with Crippen LogP contribution in [0.1, 0.15) is 6.42 Å². The molecule has 0 spiro atoms. The molecular weight excluding hydrogens is 280 g/mol. The molecule has 20 heavy (non-hydrogen) atoms. The van der Waals surface area contributed by atoms with Gasteiger partial charge >= 0.3 is 6.01 Å². The van der Waals surface area contributed by atoms with Crippen LogP contribution in [-0.4, -0.2) is 44.1 Å². The summed E-state index contributed by atoms with van der Waals surface area (Å²) < 4.78 is 32.5. The molecule has 7 heteroatoms. The predicted molar refractivity (Wildman–Crippen MR) is 75.9 cm³/mol. The van der Waals surface area contributed by atoms with E-state index in [2.05, 4.69) is 9.97 Å². The van der Waals surface area contributed by atoms with Gasteiger partial charge in [0.2, 0.25) is 0 Å². The monoisotopic (exact) mass is 296 g/mol. The van der Waals surface area contributed by atoms with E-state index >= 15 is 0 Å². The SMILES string of the molecule is COc1ncc2ccc(OCCCS(C)(=O)=O)cc2n1. The second-order valence-corrected chi connectivity index (χ2v) is 6.67. The Bertz CT molecular complexity index is 701. The molecule has 108 valence electrons. The number of fused-ring (bicyclic) bond motifs is 1. The van der Waals surface area contributed by atoms with Gasteiger partial charge in [-0.1, -0.05) is 0 Å². The first kappa shape index (κ1) is 14.5. The lowest BCUT2D eigenvalue weighted by Gasteiger charge is -2.07. The molecule has 0 aliphatic heterocycles. The number of sulfone groups is 1. The Morgan fingerprint density at radius 2 is 2.10 bits per heavy atom. The van der Waals surface area contributed by atoms with Crippen molar-refractivity contribution in [1.29, 1.82) is 0 Å². The molecule has 0 saturated heterocycles. The standard InChI is InChI=1S/C13H16N2O4S/c1-18-13-14-9-10-4-5-11(8-12(10)15-13)19-6-3-7-20(2,16)17/h4-5,8-9H,3,6-7H2,1-2H3. The average Bonchev–Trinajstić information content (AvgIpc) is 2.41. The molecule has 0 aliphatic rings. The van der Waals surface area contributed by atoms with E-state index < -0.39 is 9.84 Å². The molecule has 0 aliphatic carbocycles. The van der Waals surface area contributed by atoms with Crippen molar-refractivity contribution in [3.63, 3.8) is 0 Å². The maximum Gasteiger partial charge on any atom is 0.316 e. The van der Waals surface area contributed by atoms with E-state index in [9.17, 15) is 8.42 Å². The minimum absolute atomic E-state index is 0.122. The quantitative estimate of drug-likeness (QED) is 0.751. The van der Waals surface area contributed by atoms with Gasteiger partial charge in [-0.3, -0.25) is 0 Å². The lowest BCUT2D eigenvalue weighted by molar-refractivity contribution is 0.318. The van der Waals surface area contributed by atoms with Crippen LogP contribution in [0.4, 0.5) is 0 Å². The van der Waals surface area contributed by atoms with Gasteiger partial charge in [-0.2, -0.15) is 4.98 Å². The van der Waals surface area contributed by atoms with Crippen molar-refractivity contribution in [2.24, 2.45) is 0 Å². The Labute approximate surface area is 117 Å². The van der Waals surface area contributed by atoms with Crippen molar-refractivity contribution in [2.75, 3.05) is 25.7 Å². The Hall–Kier alpha value is -1.89. The number of ether oxygens (including phenoxy) is 2. The highest BCUT2D eigenvalue weighted by atomic mass is 32.2. The average molecular weight is 296 g/mol. The topological polar surface area (TPSA) is 78.4 Å². The lowest BCUT2D eigenvalue weighted by atomic mass is 10.2. The van der Waals surface area contributed by atoms with Gasteiger partial charge < -0.3 is 9.47 Å². The predicted octanol–water partition coefficient (Wildman–Crippen LogP) is 1.45. The van der Waals surface area contributed by atoms with Gasteiger partial charge in [0.1, 0.15) is 15.6 Å². The third kappa shape index (κ3) is 4.06. The van der Waals surface area contributed by atoms with Crippen LogP contribution >= 0.6 is 0 Å². The summed E-state index contributed by atoms with van der Waals surface area (Å²) in [6, 6.07) is 5.73. The van der Waals surface area contributed by atoms with Gasteiger partial charge in [0.05, 0.1) is 25.0 Å². The maximum absolute atomic E-state index is 11.0. The minimum Gasteiger partial charge on any atom is -0.493 e. The first-order valence-electron chi connectivity index (χ1n) is 6.09. The van der Waals surface area contributed by atoms with E-state index in [0.717, 1.165) is 10.9 Å². The summed E-state index contributed by atoms with van der Waals surface area (Å²) in [5, 5.41) is 0.884. The van der Waals surface area contributed by atoms with Gasteiger partial charge in [-0.05, 0) is 18.6 Å². The van der Waals surface area contributed by atoms with Crippen LogP contribution < -0.4 is 9.47 Å². The van der Waals surface area contributed by atoms with Gasteiger partial charge in [0, 0.05) is 23.9 Å². The number of nitrogens with zero attached hydrogens (tertiary/aromatic N) is 2. The van der Waals surface area contributed by atoms with Crippen molar-refractivity contribution in [3.05, 3.63) is 24.4 Å². The van der Waals surface area contributed by atoms with Crippen molar-refractivity contribution < 1.29 is 17.9 Å². The summed E-state index contributed by atoms with van der Waals surface area (Å²) in [6.07, 6.45) is 3.35. The fraction of sp³-hybridized carbons (Fsp3) is 0.385. The number of methoxy groups -OCH3 is 1. The maximum atomic E-state index is 11.0. The van der Waals surface area contributed by atoms with Crippen molar-refractivity contribution in [1.82, 2.24) is 9.97 Å². The zero-order valence-corrected chi connectivity index (χ0v) is 12.2. The Kier molecular flexibility index (Phi) is 4.39. The van der Waals surface area contributed by atoms with Crippen molar-refractivity contribution >= 4 is 20.7 Å². The molecule has 0 bridgehead atoms. The van der Waals surface area contributed by atoms with Gasteiger partial charge in [0.25, 0.3) is 0 Å². The van der Waals surface area contributed by atoms with E-state index in [-0.39, 0.29) is 5.75 Å². The summed E-state index contributed by atoms with van der Waals surface area (Å²) in [5.41, 5.74) is 0.720.